The lowest BCUT2D eigenvalue weighted by molar-refractivity contribution is -0.137. The van der Waals surface area contributed by atoms with E-state index in [9.17, 15) is 18.0 Å². The van der Waals surface area contributed by atoms with Gasteiger partial charge in [0, 0.05) is 12.2 Å². The van der Waals surface area contributed by atoms with E-state index >= 15 is 0 Å². The summed E-state index contributed by atoms with van der Waals surface area (Å²) in [6.45, 7) is 2.76. The number of hydrogen-bond donors (Lipinski definition) is 2. The zero-order valence-electron chi connectivity index (χ0n) is 11.7. The Hall–Kier alpha value is -1.72. The third kappa shape index (κ3) is 3.89. The molecule has 3 nitrogen and oxygen atoms in total. The first-order valence-electron chi connectivity index (χ1n) is 6.95. The molecular formula is C15H18F3NO2. The fourth-order valence-electron chi connectivity index (χ4n) is 2.82. The number of carbonyl (C=O) groups is 1. The molecule has 0 spiro atoms. The maximum atomic E-state index is 12.6. The van der Waals surface area contributed by atoms with Crippen LogP contribution in [0.5, 0.6) is 0 Å². The molecule has 6 heteroatoms. The average molecular weight is 301 g/mol. The monoisotopic (exact) mass is 301 g/mol. The van der Waals surface area contributed by atoms with Crippen LogP contribution in [0.3, 0.4) is 0 Å². The third-order valence-electron chi connectivity index (χ3n) is 3.96. The van der Waals surface area contributed by atoms with Crippen LogP contribution < -0.4 is 5.32 Å². The molecule has 0 bridgehead atoms. The summed E-state index contributed by atoms with van der Waals surface area (Å²) in [5.74, 6) is -0.254. The predicted molar refractivity (Wildman–Crippen MR) is 73.4 cm³/mol. The van der Waals surface area contributed by atoms with Crippen molar-refractivity contribution in [2.24, 2.45) is 11.8 Å². The zero-order chi connectivity index (χ0) is 15.6. The molecule has 0 aliphatic heterocycles. The highest BCUT2D eigenvalue weighted by atomic mass is 19.4. The van der Waals surface area contributed by atoms with Crippen molar-refractivity contribution in [2.75, 3.05) is 11.9 Å². The largest absolute Gasteiger partial charge is 0.478 e. The van der Waals surface area contributed by atoms with Crippen molar-refractivity contribution in [3.63, 3.8) is 0 Å². The fraction of sp³-hybridized carbons (Fsp3) is 0.533. The minimum absolute atomic E-state index is 0.245. The van der Waals surface area contributed by atoms with Crippen molar-refractivity contribution in [1.82, 2.24) is 0 Å². The van der Waals surface area contributed by atoms with E-state index in [0.717, 1.165) is 25.3 Å². The Morgan fingerprint density at radius 2 is 2.10 bits per heavy atom. The Bertz CT molecular complexity index is 528. The lowest BCUT2D eigenvalue weighted by atomic mass is 10.0. The summed E-state index contributed by atoms with van der Waals surface area (Å²) in [4.78, 5) is 11.1. The molecule has 116 valence electrons. The molecule has 0 radical (unpaired) electrons. The Labute approximate surface area is 121 Å². The smallest absolute Gasteiger partial charge is 0.416 e. The highest BCUT2D eigenvalue weighted by molar-refractivity contribution is 5.94. The van der Waals surface area contributed by atoms with Crippen LogP contribution in [0.2, 0.25) is 0 Å². The third-order valence-corrected chi connectivity index (χ3v) is 3.96. The van der Waals surface area contributed by atoms with Crippen molar-refractivity contribution < 1.29 is 23.1 Å². The van der Waals surface area contributed by atoms with Crippen LogP contribution in [0.4, 0.5) is 18.9 Å². The highest BCUT2D eigenvalue weighted by Gasteiger charge is 2.32. The SMILES string of the molecule is CC1CCC(CNc2ccc(C(F)(F)F)cc2C(=O)O)C1. The van der Waals surface area contributed by atoms with Crippen LogP contribution in [0.15, 0.2) is 18.2 Å². The number of benzene rings is 1. The number of rotatable bonds is 4. The maximum absolute atomic E-state index is 12.6. The first-order chi connectivity index (χ1) is 9.77. The second kappa shape index (κ2) is 5.95. The van der Waals surface area contributed by atoms with E-state index in [1.54, 1.807) is 0 Å². The van der Waals surface area contributed by atoms with Crippen LogP contribution in [0.25, 0.3) is 0 Å². The van der Waals surface area contributed by atoms with E-state index in [1.807, 2.05) is 0 Å². The first-order valence-corrected chi connectivity index (χ1v) is 6.95. The van der Waals surface area contributed by atoms with Gasteiger partial charge in [0.25, 0.3) is 0 Å². The van der Waals surface area contributed by atoms with Gasteiger partial charge < -0.3 is 10.4 Å². The van der Waals surface area contributed by atoms with E-state index in [-0.39, 0.29) is 11.3 Å². The van der Waals surface area contributed by atoms with E-state index in [1.165, 1.54) is 6.07 Å². The zero-order valence-corrected chi connectivity index (χ0v) is 11.7. The van der Waals surface area contributed by atoms with Crippen LogP contribution in [0.1, 0.15) is 42.1 Å². The van der Waals surface area contributed by atoms with Gasteiger partial charge in [-0.1, -0.05) is 13.3 Å². The predicted octanol–water partition coefficient (Wildman–Crippen LogP) is 4.25. The van der Waals surface area contributed by atoms with Gasteiger partial charge in [0.1, 0.15) is 0 Å². The van der Waals surface area contributed by atoms with Crippen LogP contribution in [-0.2, 0) is 6.18 Å². The number of carboxylic acids is 1. The molecule has 0 amide bonds. The number of anilines is 1. The summed E-state index contributed by atoms with van der Waals surface area (Å²) in [5.41, 5.74) is -1.04. The molecule has 21 heavy (non-hydrogen) atoms. The molecule has 1 aromatic rings. The van der Waals surface area contributed by atoms with Crippen molar-refractivity contribution in [1.29, 1.82) is 0 Å². The van der Waals surface area contributed by atoms with Crippen molar-refractivity contribution in [3.8, 4) is 0 Å². The second-order valence-electron chi connectivity index (χ2n) is 5.73. The Morgan fingerprint density at radius 1 is 1.38 bits per heavy atom. The highest BCUT2D eigenvalue weighted by Crippen LogP contribution is 2.33. The van der Waals surface area contributed by atoms with E-state index in [0.29, 0.717) is 24.4 Å². The number of carboxylic acid groups (broad SMARTS) is 1. The minimum atomic E-state index is -4.54. The van der Waals surface area contributed by atoms with E-state index in [2.05, 4.69) is 12.2 Å². The molecule has 2 unspecified atom stereocenters. The number of hydrogen-bond acceptors (Lipinski definition) is 2. The summed E-state index contributed by atoms with van der Waals surface area (Å²) in [6.07, 6.45) is -1.26. The van der Waals surface area contributed by atoms with E-state index in [4.69, 9.17) is 5.11 Å². The maximum Gasteiger partial charge on any atom is 0.416 e. The molecular weight excluding hydrogens is 283 g/mol. The summed E-state index contributed by atoms with van der Waals surface area (Å²) in [5, 5.41) is 12.1. The molecule has 1 fully saturated rings. The van der Waals surface area contributed by atoms with Gasteiger partial charge in [-0.25, -0.2) is 4.79 Å². The Balaban J connectivity index is 2.13. The quantitative estimate of drug-likeness (QED) is 0.874. The molecule has 2 rings (SSSR count). The van der Waals surface area contributed by atoms with Gasteiger partial charge in [-0.05, 0) is 42.9 Å². The molecule has 0 heterocycles. The summed E-state index contributed by atoms with van der Waals surface area (Å²) in [6, 6.07) is 2.79. The van der Waals surface area contributed by atoms with Crippen molar-refractivity contribution in [3.05, 3.63) is 29.3 Å². The van der Waals surface area contributed by atoms with Crippen LogP contribution in [-0.4, -0.2) is 17.6 Å². The van der Waals surface area contributed by atoms with Gasteiger partial charge >= 0.3 is 12.1 Å². The van der Waals surface area contributed by atoms with Gasteiger partial charge in [0.15, 0.2) is 0 Å². The lowest BCUT2D eigenvalue weighted by Crippen LogP contribution is -2.15. The average Bonchev–Trinajstić information content (AvgIpc) is 2.80. The van der Waals surface area contributed by atoms with Gasteiger partial charge in [-0.2, -0.15) is 13.2 Å². The standard InChI is InChI=1S/C15H18F3NO2/c1-9-2-3-10(6-9)8-19-13-5-4-11(15(16,17)18)7-12(13)14(20)21/h4-5,7,9-10,19H,2-3,6,8H2,1H3,(H,20,21). The molecule has 1 aliphatic rings. The molecule has 1 aromatic carbocycles. The van der Waals surface area contributed by atoms with Crippen molar-refractivity contribution in [2.45, 2.75) is 32.4 Å². The molecule has 2 N–H and O–H groups in total. The number of alkyl halides is 3. The van der Waals surface area contributed by atoms with Gasteiger partial charge in [-0.15, -0.1) is 0 Å². The van der Waals surface area contributed by atoms with Gasteiger partial charge in [-0.3, -0.25) is 0 Å². The number of aromatic carboxylic acids is 1. The summed E-state index contributed by atoms with van der Waals surface area (Å²) < 4.78 is 37.9. The second-order valence-corrected chi connectivity index (χ2v) is 5.73. The molecule has 2 atom stereocenters. The molecule has 1 aliphatic carbocycles. The fourth-order valence-corrected chi connectivity index (χ4v) is 2.82. The van der Waals surface area contributed by atoms with Crippen molar-refractivity contribution >= 4 is 11.7 Å². The van der Waals surface area contributed by atoms with Crippen LogP contribution in [0, 0.1) is 11.8 Å². The first kappa shape index (κ1) is 15.7. The van der Waals surface area contributed by atoms with Gasteiger partial charge in [0.05, 0.1) is 11.1 Å². The summed E-state index contributed by atoms with van der Waals surface area (Å²) >= 11 is 0. The van der Waals surface area contributed by atoms with Crippen LogP contribution >= 0.6 is 0 Å². The molecule has 0 saturated heterocycles. The topological polar surface area (TPSA) is 49.3 Å². The molecule has 0 aromatic heterocycles. The van der Waals surface area contributed by atoms with Gasteiger partial charge in [0.2, 0.25) is 0 Å². The molecule has 1 saturated carbocycles. The number of nitrogens with one attached hydrogen (secondary N) is 1. The lowest BCUT2D eigenvalue weighted by Gasteiger charge is -2.15. The normalized spacial score (nSPS) is 22.3. The summed E-state index contributed by atoms with van der Waals surface area (Å²) in [7, 11) is 0. The Kier molecular flexibility index (Phi) is 4.44. The number of halogens is 3. The van der Waals surface area contributed by atoms with E-state index < -0.39 is 17.7 Å². The Morgan fingerprint density at radius 3 is 2.62 bits per heavy atom. The minimum Gasteiger partial charge on any atom is -0.478 e.